The van der Waals surface area contributed by atoms with Gasteiger partial charge >= 0.3 is 0 Å². The Morgan fingerprint density at radius 2 is 2.07 bits per heavy atom. The number of halogens is 1. The van der Waals surface area contributed by atoms with Crippen LogP contribution < -0.4 is 4.74 Å². The van der Waals surface area contributed by atoms with Gasteiger partial charge in [-0.1, -0.05) is 20.8 Å². The summed E-state index contributed by atoms with van der Waals surface area (Å²) in [5, 5.41) is 0. The van der Waals surface area contributed by atoms with Crippen molar-refractivity contribution < 1.29 is 9.47 Å². The largest absolute Gasteiger partial charge is 0.465 e. The minimum absolute atomic E-state index is 0.0692. The number of hydrogen-bond donors (Lipinski definition) is 0. The molecule has 0 fully saturated rings. The van der Waals surface area contributed by atoms with Crippen LogP contribution in [-0.4, -0.2) is 18.9 Å². The second-order valence-electron chi connectivity index (χ2n) is 4.30. The predicted octanol–water partition coefficient (Wildman–Crippen LogP) is 2.97. The molecule has 0 N–H and O–H groups in total. The molecule has 0 aliphatic heterocycles. The van der Waals surface area contributed by atoms with Gasteiger partial charge in [-0.05, 0) is 28.7 Å². The number of hydrogen-bond acceptors (Lipinski definition) is 3. The lowest BCUT2D eigenvalue weighted by Crippen LogP contribution is -2.14. The summed E-state index contributed by atoms with van der Waals surface area (Å²) in [5.74, 6) is 0.769. The van der Waals surface area contributed by atoms with E-state index < -0.39 is 0 Å². The molecule has 0 saturated carbocycles. The molecule has 0 amide bonds. The van der Waals surface area contributed by atoms with Gasteiger partial charge in [0.15, 0.2) is 12.5 Å². The van der Waals surface area contributed by atoms with Gasteiger partial charge in [0.2, 0.25) is 0 Å². The summed E-state index contributed by atoms with van der Waals surface area (Å²) in [4.78, 5) is 4.38. The Balaban J connectivity index is 2.88. The highest BCUT2D eigenvalue weighted by atomic mass is 127. The number of nitrogens with zero attached hydrogens (tertiary/aromatic N) is 1. The summed E-state index contributed by atoms with van der Waals surface area (Å²) in [5.41, 5.74) is 1.14. The van der Waals surface area contributed by atoms with Crippen molar-refractivity contribution >= 4 is 22.6 Å². The van der Waals surface area contributed by atoms with Crippen LogP contribution >= 0.6 is 22.6 Å². The molecule has 0 aliphatic rings. The van der Waals surface area contributed by atoms with Crippen LogP contribution in [0.3, 0.4) is 0 Å². The standard InChI is InChI=1S/C11H16INO2/c1-11(2,3)10-5-8(12)9(6-13-10)15-7-14-4/h5-6H,7H2,1-4H3. The fraction of sp³-hybridized carbons (Fsp3) is 0.545. The molecule has 1 rings (SSSR count). The summed E-state index contributed by atoms with van der Waals surface area (Å²) in [7, 11) is 1.60. The van der Waals surface area contributed by atoms with E-state index in [1.807, 2.05) is 6.07 Å². The fourth-order valence-electron chi connectivity index (χ4n) is 1.06. The summed E-state index contributed by atoms with van der Waals surface area (Å²) in [6.45, 7) is 6.68. The number of ether oxygens (including phenoxy) is 2. The second kappa shape index (κ2) is 5.12. The summed E-state index contributed by atoms with van der Waals surface area (Å²) >= 11 is 2.25. The monoisotopic (exact) mass is 321 g/mol. The quantitative estimate of drug-likeness (QED) is 0.634. The zero-order valence-corrected chi connectivity index (χ0v) is 11.7. The van der Waals surface area contributed by atoms with Crippen molar-refractivity contribution in [2.75, 3.05) is 13.9 Å². The Bertz CT molecular complexity index is 334. The van der Waals surface area contributed by atoms with Crippen LogP contribution in [0.4, 0.5) is 0 Å². The van der Waals surface area contributed by atoms with Crippen LogP contribution in [0.2, 0.25) is 0 Å². The smallest absolute Gasteiger partial charge is 0.188 e. The maximum Gasteiger partial charge on any atom is 0.188 e. The van der Waals surface area contributed by atoms with Gasteiger partial charge in [0, 0.05) is 18.2 Å². The van der Waals surface area contributed by atoms with Gasteiger partial charge < -0.3 is 9.47 Å². The van der Waals surface area contributed by atoms with Crippen molar-refractivity contribution in [3.05, 3.63) is 21.5 Å². The van der Waals surface area contributed by atoms with Crippen LogP contribution in [-0.2, 0) is 10.2 Å². The molecule has 1 aromatic heterocycles. The SMILES string of the molecule is COCOc1cnc(C(C)(C)C)cc1I. The van der Waals surface area contributed by atoms with Crippen LogP contribution in [0.1, 0.15) is 26.5 Å². The highest BCUT2D eigenvalue weighted by Crippen LogP contribution is 2.26. The molecule has 4 heteroatoms. The zero-order valence-electron chi connectivity index (χ0n) is 9.50. The average Bonchev–Trinajstić information content (AvgIpc) is 2.14. The maximum atomic E-state index is 5.36. The lowest BCUT2D eigenvalue weighted by atomic mass is 9.92. The highest BCUT2D eigenvalue weighted by molar-refractivity contribution is 14.1. The van der Waals surface area contributed by atoms with Gasteiger partial charge in [0.05, 0.1) is 9.77 Å². The molecule has 15 heavy (non-hydrogen) atoms. The third-order valence-electron chi connectivity index (χ3n) is 1.92. The molecule has 0 unspecified atom stereocenters. The molecule has 0 atom stereocenters. The molecule has 0 radical (unpaired) electrons. The van der Waals surface area contributed by atoms with E-state index in [1.165, 1.54) is 0 Å². The Labute approximate surface area is 104 Å². The zero-order chi connectivity index (χ0) is 11.5. The van der Waals surface area contributed by atoms with Gasteiger partial charge in [0.1, 0.15) is 0 Å². The van der Waals surface area contributed by atoms with Gasteiger partial charge in [-0.3, -0.25) is 4.98 Å². The first-order valence-corrected chi connectivity index (χ1v) is 5.81. The van der Waals surface area contributed by atoms with Crippen LogP contribution in [0, 0.1) is 3.57 Å². The van der Waals surface area contributed by atoms with E-state index in [1.54, 1.807) is 13.3 Å². The van der Waals surface area contributed by atoms with Crippen molar-refractivity contribution in [3.8, 4) is 5.75 Å². The first-order chi connectivity index (χ1) is 6.95. The van der Waals surface area contributed by atoms with Crippen molar-refractivity contribution in [3.63, 3.8) is 0 Å². The molecule has 0 aliphatic carbocycles. The molecule has 3 nitrogen and oxygen atoms in total. The van der Waals surface area contributed by atoms with Crippen LogP contribution in [0.15, 0.2) is 12.3 Å². The maximum absolute atomic E-state index is 5.36. The number of methoxy groups -OCH3 is 1. The van der Waals surface area contributed by atoms with E-state index >= 15 is 0 Å². The Kier molecular flexibility index (Phi) is 4.33. The Morgan fingerprint density at radius 3 is 2.53 bits per heavy atom. The van der Waals surface area contributed by atoms with Gasteiger partial charge in [-0.15, -0.1) is 0 Å². The van der Waals surface area contributed by atoms with Gasteiger partial charge in [-0.2, -0.15) is 0 Å². The van der Waals surface area contributed by atoms with E-state index in [2.05, 4.69) is 48.3 Å². The summed E-state index contributed by atoms with van der Waals surface area (Å²) < 4.78 is 11.3. The van der Waals surface area contributed by atoms with Crippen molar-refractivity contribution in [1.82, 2.24) is 4.98 Å². The third-order valence-corrected chi connectivity index (χ3v) is 2.76. The van der Waals surface area contributed by atoms with Crippen molar-refractivity contribution in [2.24, 2.45) is 0 Å². The van der Waals surface area contributed by atoms with Crippen LogP contribution in [0.25, 0.3) is 0 Å². The molecule has 84 valence electrons. The molecule has 0 bridgehead atoms. The molecule has 0 aromatic carbocycles. The molecular weight excluding hydrogens is 305 g/mol. The second-order valence-corrected chi connectivity index (χ2v) is 5.46. The van der Waals surface area contributed by atoms with E-state index in [9.17, 15) is 0 Å². The molecular formula is C11H16INO2. The topological polar surface area (TPSA) is 31.4 Å². The van der Waals surface area contributed by atoms with E-state index in [0.29, 0.717) is 0 Å². The lowest BCUT2D eigenvalue weighted by molar-refractivity contribution is 0.0502. The first kappa shape index (κ1) is 12.7. The molecule has 1 aromatic rings. The van der Waals surface area contributed by atoms with Crippen molar-refractivity contribution in [2.45, 2.75) is 26.2 Å². The summed E-state index contributed by atoms with van der Waals surface area (Å²) in [6, 6.07) is 2.05. The Hall–Kier alpha value is -0.360. The Morgan fingerprint density at radius 1 is 1.40 bits per heavy atom. The number of aromatic nitrogens is 1. The molecule has 0 saturated heterocycles. The number of pyridine rings is 1. The third kappa shape index (κ3) is 3.61. The average molecular weight is 321 g/mol. The number of rotatable bonds is 3. The van der Waals surface area contributed by atoms with Crippen molar-refractivity contribution in [1.29, 1.82) is 0 Å². The predicted molar refractivity (Wildman–Crippen MR) is 68.2 cm³/mol. The highest BCUT2D eigenvalue weighted by Gasteiger charge is 2.16. The first-order valence-electron chi connectivity index (χ1n) is 4.73. The summed E-state index contributed by atoms with van der Waals surface area (Å²) in [6.07, 6.45) is 1.75. The minimum Gasteiger partial charge on any atom is -0.465 e. The molecule has 1 heterocycles. The fourth-order valence-corrected chi connectivity index (χ4v) is 1.65. The lowest BCUT2D eigenvalue weighted by Gasteiger charge is -2.18. The minimum atomic E-state index is 0.0692. The van der Waals surface area contributed by atoms with Crippen LogP contribution in [0.5, 0.6) is 5.75 Å². The molecule has 0 spiro atoms. The van der Waals surface area contributed by atoms with E-state index in [-0.39, 0.29) is 12.2 Å². The van der Waals surface area contributed by atoms with E-state index in [4.69, 9.17) is 9.47 Å². The normalized spacial score (nSPS) is 11.5. The van der Waals surface area contributed by atoms with E-state index in [0.717, 1.165) is 15.0 Å². The van der Waals surface area contributed by atoms with Gasteiger partial charge in [0.25, 0.3) is 0 Å². The van der Waals surface area contributed by atoms with Gasteiger partial charge in [-0.25, -0.2) is 0 Å².